The lowest BCUT2D eigenvalue weighted by atomic mass is 10.0. The number of rotatable bonds is 7. The Balaban J connectivity index is 1.20. The van der Waals surface area contributed by atoms with Crippen molar-refractivity contribution in [1.82, 2.24) is 20.2 Å². The maximum Gasteiger partial charge on any atom is 0.408 e. The van der Waals surface area contributed by atoms with E-state index in [1.165, 1.54) is 17.3 Å². The van der Waals surface area contributed by atoms with Crippen LogP contribution in [0.25, 0.3) is 10.9 Å². The summed E-state index contributed by atoms with van der Waals surface area (Å²) in [6.07, 6.45) is 7.51. The molecule has 1 aromatic heterocycles. The van der Waals surface area contributed by atoms with Gasteiger partial charge in [0.1, 0.15) is 36.2 Å². The number of nitrogens with zero attached hydrogens (tertiary/aromatic N) is 3. The van der Waals surface area contributed by atoms with Crippen molar-refractivity contribution >= 4 is 36.1 Å². The lowest BCUT2D eigenvalue weighted by Gasteiger charge is -2.30. The normalized spacial score (nSPS) is 27.8. The van der Waals surface area contributed by atoms with Crippen LogP contribution < -0.4 is 10.1 Å². The first-order valence-corrected chi connectivity index (χ1v) is 21.6. The Morgan fingerprint density at radius 3 is 2.40 bits per heavy atom. The highest BCUT2D eigenvalue weighted by Crippen LogP contribution is 2.75. The Morgan fingerprint density at radius 1 is 0.964 bits per heavy atom. The molecule has 11 nitrogen and oxygen atoms in total. The van der Waals surface area contributed by atoms with E-state index < -0.39 is 71.9 Å². The van der Waals surface area contributed by atoms with Crippen LogP contribution in [0, 0.1) is 31.4 Å². The van der Waals surface area contributed by atoms with Gasteiger partial charge in [0.2, 0.25) is 19.2 Å². The third kappa shape index (κ3) is 8.29. The van der Waals surface area contributed by atoms with Gasteiger partial charge in [-0.1, -0.05) is 44.2 Å². The van der Waals surface area contributed by atoms with Gasteiger partial charge >= 0.3 is 6.09 Å². The molecule has 0 radical (unpaired) electrons. The molecule has 3 heterocycles. The molecule has 2 saturated carbocycles. The number of aromatic nitrogens is 2. The number of ether oxygens (including phenoxy) is 2. The summed E-state index contributed by atoms with van der Waals surface area (Å²) >= 11 is 0. The molecule has 0 spiro atoms. The lowest BCUT2D eigenvalue weighted by molar-refractivity contribution is -0.139. The summed E-state index contributed by atoms with van der Waals surface area (Å²) in [7, 11) is -4.38. The van der Waals surface area contributed by atoms with Crippen LogP contribution in [-0.2, 0) is 25.1 Å². The number of carbonyl (C=O) groups excluding carboxylic acids is 3. The van der Waals surface area contributed by atoms with Gasteiger partial charge in [-0.2, -0.15) is 0 Å². The summed E-state index contributed by atoms with van der Waals surface area (Å²) in [5.74, 6) is -2.68. The van der Waals surface area contributed by atoms with Crippen molar-refractivity contribution < 1.29 is 42.1 Å². The summed E-state index contributed by atoms with van der Waals surface area (Å²) in [6, 6.07) is 5.14. The average molecular weight is 781 g/mol. The minimum absolute atomic E-state index is 0.00901. The number of fused-ring (bicyclic) bond motifs is 3. The number of ketones is 1. The lowest BCUT2D eigenvalue weighted by Crippen LogP contribution is -2.52. The quantitative estimate of drug-likeness (QED) is 0.229. The second kappa shape index (κ2) is 16.3. The van der Waals surface area contributed by atoms with Gasteiger partial charge in [0.15, 0.2) is 5.78 Å². The van der Waals surface area contributed by atoms with E-state index in [0.29, 0.717) is 30.5 Å². The van der Waals surface area contributed by atoms with Crippen LogP contribution in [0.15, 0.2) is 36.7 Å². The maximum absolute atomic E-state index is 14.8. The number of alkyl carbamates (subject to hydrolysis) is 1. The van der Waals surface area contributed by atoms with Crippen LogP contribution in [0.2, 0.25) is 0 Å². The van der Waals surface area contributed by atoms with E-state index in [2.05, 4.69) is 15.3 Å². The van der Waals surface area contributed by atoms with E-state index in [0.717, 1.165) is 80.1 Å². The molecule has 2 aliphatic carbocycles. The Bertz CT molecular complexity index is 1970. The van der Waals surface area contributed by atoms with Gasteiger partial charge in [0.05, 0.1) is 34.8 Å². The number of halogens is 2. The molecule has 2 N–H and O–H groups in total. The summed E-state index contributed by atoms with van der Waals surface area (Å²) in [5.41, 5.74) is 2.28. The summed E-state index contributed by atoms with van der Waals surface area (Å²) < 4.78 is 56.2. The molecule has 3 aromatic rings. The second-order valence-corrected chi connectivity index (χ2v) is 18.7. The fourth-order valence-corrected chi connectivity index (χ4v) is 11.7. The molecule has 7 rings (SSSR count). The molecule has 4 aliphatic rings. The van der Waals surface area contributed by atoms with Gasteiger partial charge in [0.25, 0.3) is 0 Å². The Hall–Kier alpha value is -3.96. The first-order valence-electron chi connectivity index (χ1n) is 19.8. The van der Waals surface area contributed by atoms with Crippen molar-refractivity contribution in [3.63, 3.8) is 0 Å². The maximum atomic E-state index is 14.8. The molecule has 55 heavy (non-hydrogen) atoms. The zero-order valence-corrected chi connectivity index (χ0v) is 32.5. The van der Waals surface area contributed by atoms with E-state index in [1.807, 2.05) is 26.0 Å². The van der Waals surface area contributed by atoms with Crippen molar-refractivity contribution in [2.45, 2.75) is 139 Å². The van der Waals surface area contributed by atoms with Crippen LogP contribution in [0.4, 0.5) is 13.6 Å². The highest BCUT2D eigenvalue weighted by Gasteiger charge is 2.66. The van der Waals surface area contributed by atoms with E-state index in [1.54, 1.807) is 0 Å². The predicted molar refractivity (Wildman–Crippen MR) is 202 cm³/mol. The number of benzene rings is 2. The fraction of sp³-hybridized carbons (Fsp3) is 0.585. The largest absolute Gasteiger partial charge is 0.472 e. The topological polar surface area (TPSA) is 148 Å². The molecule has 0 bridgehead atoms. The van der Waals surface area contributed by atoms with Crippen LogP contribution >= 0.6 is 7.37 Å². The standard InChI is InChI=1S/C41H51F2N4O7P/c1-25-17-18-30-37(26(25)2)44-24-45-38(30)53-29-19-35-36(48)21-41(55(51,52)23-31-32(42)14-10-15-33(31)43)20-27(41)11-6-4-3-5-7-16-34(39(49)47(35)22-29)46-40(50)54-28-12-8-9-13-28/h10,14-15,17-18,24,27-29,34-35H,3-9,11-13,16,19-23H2,1-2H3,(H,46,50)(H,51,52)/t27-,29?,34+,35+,41-/m1/s1. The number of Topliss-reactive ketones (excluding diaryl/α,β-unsaturated/α-hetero) is 1. The smallest absolute Gasteiger partial charge is 0.408 e. The SMILES string of the molecule is Cc1ccc2c(OC3C[C@H]4C(=O)C[C@]5(P(=O)(O)Cc6c(F)cccc6F)C[C@H]5CCCCCCC[C@H](NC(=O)OC5CCCC5)C(=O)N4C3)ncnc2c1C. The van der Waals surface area contributed by atoms with Crippen LogP contribution in [-0.4, -0.2) is 73.5 Å². The monoisotopic (exact) mass is 780 g/mol. The number of amides is 2. The number of aryl methyl sites for hydroxylation is 2. The molecular formula is C41H51F2N4O7P. The van der Waals surface area contributed by atoms with Gasteiger partial charge in [-0.25, -0.2) is 23.5 Å². The minimum Gasteiger partial charge on any atom is -0.472 e. The molecule has 2 amide bonds. The van der Waals surface area contributed by atoms with Crippen LogP contribution in [0.5, 0.6) is 5.88 Å². The number of carbonyl (C=O) groups is 3. The van der Waals surface area contributed by atoms with E-state index in [-0.39, 0.29) is 37.8 Å². The fourth-order valence-electron chi connectivity index (χ4n) is 9.07. The van der Waals surface area contributed by atoms with Gasteiger partial charge in [-0.15, -0.1) is 0 Å². The summed E-state index contributed by atoms with van der Waals surface area (Å²) in [6.45, 7) is 3.96. The van der Waals surface area contributed by atoms with Gasteiger partial charge in [-0.05, 0) is 94.0 Å². The van der Waals surface area contributed by atoms with E-state index in [9.17, 15) is 32.6 Å². The van der Waals surface area contributed by atoms with Gasteiger partial charge in [-0.3, -0.25) is 14.2 Å². The minimum atomic E-state index is -4.38. The van der Waals surface area contributed by atoms with Crippen molar-refractivity contribution in [2.75, 3.05) is 6.54 Å². The molecular weight excluding hydrogens is 729 g/mol. The molecule has 6 atom stereocenters. The van der Waals surface area contributed by atoms with Gasteiger partial charge < -0.3 is 24.6 Å². The predicted octanol–water partition coefficient (Wildman–Crippen LogP) is 7.84. The molecule has 2 saturated heterocycles. The molecule has 14 heteroatoms. The molecule has 2 unspecified atom stereocenters. The van der Waals surface area contributed by atoms with Crippen molar-refractivity contribution in [2.24, 2.45) is 5.92 Å². The summed E-state index contributed by atoms with van der Waals surface area (Å²) in [4.78, 5) is 64.4. The number of hydrogen-bond donors (Lipinski definition) is 2. The Morgan fingerprint density at radius 2 is 1.65 bits per heavy atom. The first-order chi connectivity index (χ1) is 26.4. The molecule has 296 valence electrons. The van der Waals surface area contributed by atoms with Crippen LogP contribution in [0.1, 0.15) is 107 Å². The average Bonchev–Trinajstić information content (AvgIpc) is 3.42. The number of nitrogens with one attached hydrogen (secondary N) is 1. The first kappa shape index (κ1) is 39.3. The van der Waals surface area contributed by atoms with E-state index >= 15 is 0 Å². The van der Waals surface area contributed by atoms with Crippen molar-refractivity contribution in [3.05, 3.63) is 65.0 Å². The van der Waals surface area contributed by atoms with Crippen molar-refractivity contribution in [1.29, 1.82) is 0 Å². The number of hydrogen-bond acceptors (Lipinski definition) is 8. The van der Waals surface area contributed by atoms with Crippen molar-refractivity contribution in [3.8, 4) is 5.88 Å². The Labute approximate surface area is 320 Å². The highest BCUT2D eigenvalue weighted by molar-refractivity contribution is 7.59. The molecule has 2 aromatic carbocycles. The van der Waals surface area contributed by atoms with Crippen LogP contribution in [0.3, 0.4) is 0 Å². The van der Waals surface area contributed by atoms with E-state index in [4.69, 9.17) is 9.47 Å². The Kier molecular flexibility index (Phi) is 11.6. The zero-order chi connectivity index (χ0) is 38.9. The highest BCUT2D eigenvalue weighted by atomic mass is 31.2. The molecule has 4 fully saturated rings. The zero-order valence-electron chi connectivity index (χ0n) is 31.6. The third-order valence-corrected chi connectivity index (χ3v) is 15.4. The molecule has 2 aliphatic heterocycles. The van der Waals surface area contributed by atoms with Gasteiger partial charge in [0, 0.05) is 18.4 Å². The second-order valence-electron chi connectivity index (χ2n) is 16.1. The third-order valence-electron chi connectivity index (χ3n) is 12.5. The summed E-state index contributed by atoms with van der Waals surface area (Å²) in [5, 5.41) is 2.12.